The minimum atomic E-state index is -0.258. The SMILES string of the molecule is CSc1ncc(/C=C/C(=O)Nc2nc(-c3ccc(Cl)cc3)cs2)cn1. The molecular formula is C17H13ClN4OS2. The van der Waals surface area contributed by atoms with E-state index in [0.717, 1.165) is 16.8 Å². The van der Waals surface area contributed by atoms with Gasteiger partial charge in [-0.05, 0) is 24.5 Å². The van der Waals surface area contributed by atoms with Crippen molar-refractivity contribution in [2.24, 2.45) is 0 Å². The number of carbonyl (C=O) groups is 1. The van der Waals surface area contributed by atoms with Crippen molar-refractivity contribution in [3.05, 3.63) is 58.7 Å². The van der Waals surface area contributed by atoms with Crippen molar-refractivity contribution in [2.75, 3.05) is 11.6 Å². The molecule has 0 aliphatic heterocycles. The lowest BCUT2D eigenvalue weighted by Gasteiger charge is -1.98. The number of anilines is 1. The van der Waals surface area contributed by atoms with Crippen LogP contribution in [0.25, 0.3) is 17.3 Å². The molecule has 0 bridgehead atoms. The summed E-state index contributed by atoms with van der Waals surface area (Å²) in [7, 11) is 0. The van der Waals surface area contributed by atoms with E-state index >= 15 is 0 Å². The minimum absolute atomic E-state index is 0.258. The van der Waals surface area contributed by atoms with Gasteiger partial charge < -0.3 is 0 Å². The summed E-state index contributed by atoms with van der Waals surface area (Å²) in [6, 6.07) is 7.39. The topological polar surface area (TPSA) is 67.8 Å². The molecule has 0 aliphatic rings. The Bertz CT molecular complexity index is 892. The summed E-state index contributed by atoms with van der Waals surface area (Å²) < 4.78 is 0. The van der Waals surface area contributed by atoms with Gasteiger partial charge in [0.1, 0.15) is 0 Å². The molecule has 0 atom stereocenters. The Morgan fingerprint density at radius 2 is 1.96 bits per heavy atom. The zero-order valence-electron chi connectivity index (χ0n) is 13.1. The second-order valence-corrected chi connectivity index (χ2v) is 6.94. The van der Waals surface area contributed by atoms with Gasteiger partial charge in [0.15, 0.2) is 10.3 Å². The van der Waals surface area contributed by atoms with Crippen LogP contribution in [0.4, 0.5) is 5.13 Å². The van der Waals surface area contributed by atoms with Crippen LogP contribution in [-0.4, -0.2) is 27.1 Å². The molecular weight excluding hydrogens is 376 g/mol. The maximum absolute atomic E-state index is 12.0. The summed E-state index contributed by atoms with van der Waals surface area (Å²) in [5, 5.41) is 6.54. The Balaban J connectivity index is 1.63. The van der Waals surface area contributed by atoms with Gasteiger partial charge in [0.05, 0.1) is 5.69 Å². The van der Waals surface area contributed by atoms with Crippen molar-refractivity contribution >= 4 is 51.8 Å². The fourth-order valence-corrected chi connectivity index (χ4v) is 3.09. The standard InChI is InChI=1S/C17H13ClN4OS2/c1-24-16-19-8-11(9-20-16)2-7-15(23)22-17-21-14(10-25-17)12-3-5-13(18)6-4-12/h2-10H,1H3,(H,21,22,23)/b7-2+. The zero-order valence-corrected chi connectivity index (χ0v) is 15.5. The van der Waals surface area contributed by atoms with Crippen LogP contribution < -0.4 is 5.32 Å². The lowest BCUT2D eigenvalue weighted by Crippen LogP contribution is -2.07. The van der Waals surface area contributed by atoms with E-state index in [9.17, 15) is 4.79 Å². The number of nitrogens with zero attached hydrogens (tertiary/aromatic N) is 3. The Morgan fingerprint density at radius 1 is 1.24 bits per heavy atom. The van der Waals surface area contributed by atoms with Gasteiger partial charge >= 0.3 is 0 Å². The van der Waals surface area contributed by atoms with Crippen LogP contribution >= 0.6 is 34.7 Å². The molecule has 3 aromatic rings. The van der Waals surface area contributed by atoms with Crippen LogP contribution in [0, 0.1) is 0 Å². The first-order valence-electron chi connectivity index (χ1n) is 7.20. The highest BCUT2D eigenvalue weighted by Gasteiger charge is 2.06. The monoisotopic (exact) mass is 388 g/mol. The highest BCUT2D eigenvalue weighted by molar-refractivity contribution is 7.98. The van der Waals surface area contributed by atoms with E-state index in [-0.39, 0.29) is 5.91 Å². The number of amides is 1. The van der Waals surface area contributed by atoms with E-state index in [1.807, 2.05) is 35.9 Å². The predicted molar refractivity (Wildman–Crippen MR) is 104 cm³/mol. The third kappa shape index (κ3) is 4.88. The average Bonchev–Trinajstić information content (AvgIpc) is 3.09. The summed E-state index contributed by atoms with van der Waals surface area (Å²) in [5.41, 5.74) is 2.50. The fourth-order valence-electron chi connectivity index (χ4n) is 1.92. The normalized spacial score (nSPS) is 11.0. The summed E-state index contributed by atoms with van der Waals surface area (Å²) >= 11 is 8.71. The van der Waals surface area contributed by atoms with E-state index in [0.29, 0.717) is 15.3 Å². The molecule has 1 amide bonds. The summed E-state index contributed by atoms with van der Waals surface area (Å²) in [4.78, 5) is 24.7. The van der Waals surface area contributed by atoms with Gasteiger partial charge in [-0.3, -0.25) is 10.1 Å². The largest absolute Gasteiger partial charge is 0.298 e. The molecule has 2 heterocycles. The number of thioether (sulfide) groups is 1. The van der Waals surface area contributed by atoms with E-state index in [2.05, 4.69) is 20.3 Å². The van der Waals surface area contributed by atoms with Gasteiger partial charge in [0.2, 0.25) is 5.91 Å². The van der Waals surface area contributed by atoms with Gasteiger partial charge in [-0.1, -0.05) is 35.5 Å². The van der Waals surface area contributed by atoms with Crippen LogP contribution in [0.3, 0.4) is 0 Å². The zero-order chi connectivity index (χ0) is 17.6. The van der Waals surface area contributed by atoms with Gasteiger partial charge in [0.25, 0.3) is 0 Å². The number of rotatable bonds is 5. The Hall–Kier alpha value is -2.22. The summed E-state index contributed by atoms with van der Waals surface area (Å²) in [6.45, 7) is 0. The molecule has 3 rings (SSSR count). The van der Waals surface area contributed by atoms with Crippen molar-refractivity contribution in [1.82, 2.24) is 15.0 Å². The first-order chi connectivity index (χ1) is 12.1. The maximum atomic E-state index is 12.0. The quantitative estimate of drug-likeness (QED) is 0.392. The van der Waals surface area contributed by atoms with Crippen molar-refractivity contribution in [3.8, 4) is 11.3 Å². The highest BCUT2D eigenvalue weighted by atomic mass is 35.5. The summed E-state index contributed by atoms with van der Waals surface area (Å²) in [6.07, 6.45) is 8.34. The molecule has 1 aromatic carbocycles. The van der Waals surface area contributed by atoms with Crippen LogP contribution in [-0.2, 0) is 4.79 Å². The molecule has 5 nitrogen and oxygen atoms in total. The number of benzene rings is 1. The van der Waals surface area contributed by atoms with Gasteiger partial charge in [-0.2, -0.15) is 0 Å². The Labute approximate surface area is 158 Å². The second-order valence-electron chi connectivity index (χ2n) is 4.87. The minimum Gasteiger partial charge on any atom is -0.298 e. The number of nitrogens with one attached hydrogen (secondary N) is 1. The molecule has 0 fully saturated rings. The Morgan fingerprint density at radius 3 is 2.64 bits per heavy atom. The van der Waals surface area contributed by atoms with E-state index in [4.69, 9.17) is 11.6 Å². The first kappa shape index (κ1) is 17.6. The third-order valence-electron chi connectivity index (χ3n) is 3.13. The van der Waals surface area contributed by atoms with Gasteiger partial charge in [-0.15, -0.1) is 11.3 Å². The third-order valence-corrected chi connectivity index (χ3v) is 4.72. The number of thiazole rings is 1. The highest BCUT2D eigenvalue weighted by Crippen LogP contribution is 2.26. The molecule has 0 saturated heterocycles. The molecule has 0 aliphatic carbocycles. The number of aromatic nitrogens is 3. The number of halogens is 1. The lowest BCUT2D eigenvalue weighted by atomic mass is 10.2. The molecule has 8 heteroatoms. The smallest absolute Gasteiger partial charge is 0.250 e. The molecule has 1 N–H and O–H groups in total. The predicted octanol–water partition coefficient (Wildman–Crippen LogP) is 4.63. The number of carbonyl (C=O) groups excluding carboxylic acids is 1. The van der Waals surface area contributed by atoms with E-state index in [1.165, 1.54) is 29.2 Å². The fraction of sp³-hybridized carbons (Fsp3) is 0.0588. The lowest BCUT2D eigenvalue weighted by molar-refractivity contribution is -0.111. The van der Waals surface area contributed by atoms with Crippen LogP contribution in [0.15, 0.2) is 53.3 Å². The molecule has 126 valence electrons. The molecule has 0 saturated carbocycles. The van der Waals surface area contributed by atoms with Crippen molar-refractivity contribution in [2.45, 2.75) is 5.16 Å². The van der Waals surface area contributed by atoms with E-state index < -0.39 is 0 Å². The number of hydrogen-bond acceptors (Lipinski definition) is 6. The second kappa shape index (κ2) is 8.24. The van der Waals surface area contributed by atoms with Crippen LogP contribution in [0.2, 0.25) is 5.02 Å². The first-order valence-corrected chi connectivity index (χ1v) is 9.69. The van der Waals surface area contributed by atoms with Gasteiger partial charge in [-0.25, -0.2) is 15.0 Å². The van der Waals surface area contributed by atoms with Crippen LogP contribution in [0.1, 0.15) is 5.56 Å². The molecule has 0 radical (unpaired) electrons. The van der Waals surface area contributed by atoms with Gasteiger partial charge in [0, 0.05) is 40.0 Å². The molecule has 0 spiro atoms. The summed E-state index contributed by atoms with van der Waals surface area (Å²) in [5.74, 6) is -0.258. The molecule has 0 unspecified atom stereocenters. The number of hydrogen-bond donors (Lipinski definition) is 1. The van der Waals surface area contributed by atoms with Crippen LogP contribution in [0.5, 0.6) is 0 Å². The Kier molecular flexibility index (Phi) is 5.80. The molecule has 25 heavy (non-hydrogen) atoms. The molecule has 2 aromatic heterocycles. The average molecular weight is 389 g/mol. The maximum Gasteiger partial charge on any atom is 0.250 e. The van der Waals surface area contributed by atoms with E-state index in [1.54, 1.807) is 18.5 Å². The van der Waals surface area contributed by atoms with Crippen molar-refractivity contribution < 1.29 is 4.79 Å². The van der Waals surface area contributed by atoms with Crippen molar-refractivity contribution in [3.63, 3.8) is 0 Å². The van der Waals surface area contributed by atoms with Crippen molar-refractivity contribution in [1.29, 1.82) is 0 Å².